The lowest BCUT2D eigenvalue weighted by Gasteiger charge is -2.23. The van der Waals surface area contributed by atoms with Crippen molar-refractivity contribution in [2.45, 2.75) is 32.4 Å². The van der Waals surface area contributed by atoms with Crippen LogP contribution in [0.2, 0.25) is 0 Å². The molecule has 0 saturated carbocycles. The summed E-state index contributed by atoms with van der Waals surface area (Å²) < 4.78 is 2.15. The van der Waals surface area contributed by atoms with Crippen molar-refractivity contribution in [1.29, 1.82) is 0 Å². The predicted octanol–water partition coefficient (Wildman–Crippen LogP) is 2.21. The molecule has 4 heteroatoms. The Balaban J connectivity index is 1.95. The van der Waals surface area contributed by atoms with E-state index in [0.29, 0.717) is 6.04 Å². The lowest BCUT2D eigenvalue weighted by molar-refractivity contribution is 0.646. The van der Waals surface area contributed by atoms with Gasteiger partial charge in [0.1, 0.15) is 0 Å². The van der Waals surface area contributed by atoms with Crippen LogP contribution in [0.1, 0.15) is 19.8 Å². The molecule has 1 aliphatic heterocycles. The molecular weight excluding hydrogens is 194 g/mol. The van der Waals surface area contributed by atoms with Gasteiger partial charge in [0.2, 0.25) is 5.95 Å². The molecule has 1 N–H and O–H groups in total. The molecule has 0 radical (unpaired) electrons. The van der Waals surface area contributed by atoms with Crippen LogP contribution in [-0.4, -0.2) is 27.1 Å². The molecule has 0 unspecified atom stereocenters. The minimum absolute atomic E-state index is 0.629. The van der Waals surface area contributed by atoms with Crippen LogP contribution < -0.4 is 5.32 Å². The Hall–Kier alpha value is -0.640. The fourth-order valence-electron chi connectivity index (χ4n) is 1.73. The molecule has 0 aliphatic carbocycles. The molecule has 1 saturated heterocycles. The summed E-state index contributed by atoms with van der Waals surface area (Å²) in [7, 11) is 0. The van der Waals surface area contributed by atoms with Gasteiger partial charge in [0.25, 0.3) is 0 Å². The summed E-state index contributed by atoms with van der Waals surface area (Å²) in [6.45, 7) is 3.13. The summed E-state index contributed by atoms with van der Waals surface area (Å²) in [5.74, 6) is 3.60. The fraction of sp³-hybridized carbons (Fsp3) is 0.700. The topological polar surface area (TPSA) is 29.9 Å². The number of nitrogens with one attached hydrogen (secondary N) is 1. The van der Waals surface area contributed by atoms with Gasteiger partial charge in [-0.15, -0.1) is 0 Å². The van der Waals surface area contributed by atoms with Gasteiger partial charge < -0.3 is 9.88 Å². The van der Waals surface area contributed by atoms with Crippen molar-refractivity contribution in [2.75, 3.05) is 16.8 Å². The highest BCUT2D eigenvalue weighted by atomic mass is 32.2. The number of imidazole rings is 1. The van der Waals surface area contributed by atoms with E-state index in [2.05, 4.69) is 33.6 Å². The van der Waals surface area contributed by atoms with Gasteiger partial charge in [0, 0.05) is 25.0 Å². The molecule has 0 aromatic carbocycles. The molecule has 1 aromatic rings. The number of aromatic nitrogens is 2. The van der Waals surface area contributed by atoms with E-state index in [1.54, 1.807) is 0 Å². The quantitative estimate of drug-likeness (QED) is 0.831. The molecule has 1 fully saturated rings. The molecule has 0 atom stereocenters. The van der Waals surface area contributed by atoms with E-state index >= 15 is 0 Å². The summed E-state index contributed by atoms with van der Waals surface area (Å²) >= 11 is 2.05. The van der Waals surface area contributed by atoms with Crippen LogP contribution in [0, 0.1) is 0 Å². The second kappa shape index (κ2) is 4.73. The van der Waals surface area contributed by atoms with E-state index in [0.717, 1.165) is 12.5 Å². The Morgan fingerprint density at radius 2 is 2.36 bits per heavy atom. The Kier molecular flexibility index (Phi) is 3.35. The van der Waals surface area contributed by atoms with Gasteiger partial charge in [-0.1, -0.05) is 0 Å². The highest BCUT2D eigenvalue weighted by molar-refractivity contribution is 7.99. The molecule has 0 amide bonds. The van der Waals surface area contributed by atoms with Gasteiger partial charge in [0.05, 0.1) is 0 Å². The molecule has 1 aliphatic rings. The highest BCUT2D eigenvalue weighted by Crippen LogP contribution is 2.20. The first kappa shape index (κ1) is 9.90. The second-order valence-corrected chi connectivity index (χ2v) is 4.79. The SMILES string of the molecule is CCn1ccnc1NC1CCSCC1. The zero-order chi connectivity index (χ0) is 9.80. The molecule has 1 aromatic heterocycles. The average Bonchev–Trinajstić information content (AvgIpc) is 2.67. The molecule has 14 heavy (non-hydrogen) atoms. The minimum Gasteiger partial charge on any atom is -0.353 e. The Morgan fingerprint density at radius 3 is 3.07 bits per heavy atom. The summed E-state index contributed by atoms with van der Waals surface area (Å²) in [5.41, 5.74) is 0. The molecule has 2 heterocycles. The van der Waals surface area contributed by atoms with Crippen LogP contribution in [0.4, 0.5) is 5.95 Å². The van der Waals surface area contributed by atoms with Gasteiger partial charge in [-0.3, -0.25) is 0 Å². The molecule has 0 spiro atoms. The van der Waals surface area contributed by atoms with Gasteiger partial charge >= 0.3 is 0 Å². The van der Waals surface area contributed by atoms with Crippen molar-refractivity contribution in [3.8, 4) is 0 Å². The van der Waals surface area contributed by atoms with E-state index in [1.165, 1.54) is 24.3 Å². The van der Waals surface area contributed by atoms with Gasteiger partial charge in [0.15, 0.2) is 0 Å². The number of nitrogens with zero attached hydrogens (tertiary/aromatic N) is 2. The van der Waals surface area contributed by atoms with Gasteiger partial charge in [-0.2, -0.15) is 11.8 Å². The molecule has 2 rings (SSSR count). The van der Waals surface area contributed by atoms with Crippen LogP contribution in [-0.2, 0) is 6.54 Å². The zero-order valence-electron chi connectivity index (χ0n) is 8.57. The van der Waals surface area contributed by atoms with Crippen LogP contribution in [0.15, 0.2) is 12.4 Å². The van der Waals surface area contributed by atoms with Crippen molar-refractivity contribution >= 4 is 17.7 Å². The highest BCUT2D eigenvalue weighted by Gasteiger charge is 2.14. The monoisotopic (exact) mass is 211 g/mol. The summed E-state index contributed by atoms with van der Waals surface area (Å²) in [6, 6.07) is 0.629. The normalized spacial score (nSPS) is 18.4. The summed E-state index contributed by atoms with van der Waals surface area (Å²) in [4.78, 5) is 4.33. The lowest BCUT2D eigenvalue weighted by Crippen LogP contribution is -2.26. The first-order chi connectivity index (χ1) is 6.90. The zero-order valence-corrected chi connectivity index (χ0v) is 9.39. The number of hydrogen-bond donors (Lipinski definition) is 1. The smallest absolute Gasteiger partial charge is 0.202 e. The Labute approximate surface area is 89.3 Å². The number of aryl methyl sites for hydroxylation is 1. The van der Waals surface area contributed by atoms with Crippen molar-refractivity contribution in [2.24, 2.45) is 0 Å². The van der Waals surface area contributed by atoms with E-state index in [4.69, 9.17) is 0 Å². The van der Waals surface area contributed by atoms with Crippen molar-refractivity contribution < 1.29 is 0 Å². The standard InChI is InChI=1S/C10H17N3S/c1-2-13-6-5-11-10(13)12-9-3-7-14-8-4-9/h5-6,9H,2-4,7-8H2,1H3,(H,11,12). The molecule has 0 bridgehead atoms. The first-order valence-electron chi connectivity index (χ1n) is 5.25. The van der Waals surface area contributed by atoms with Gasteiger partial charge in [-0.05, 0) is 31.3 Å². The number of rotatable bonds is 3. The average molecular weight is 211 g/mol. The molecule has 78 valence electrons. The number of hydrogen-bond acceptors (Lipinski definition) is 3. The van der Waals surface area contributed by atoms with E-state index in [-0.39, 0.29) is 0 Å². The van der Waals surface area contributed by atoms with Crippen molar-refractivity contribution in [3.63, 3.8) is 0 Å². The number of thioether (sulfide) groups is 1. The second-order valence-electron chi connectivity index (χ2n) is 3.57. The van der Waals surface area contributed by atoms with E-state index in [1.807, 2.05) is 12.4 Å². The third-order valence-electron chi connectivity index (χ3n) is 2.61. The molecular formula is C10H17N3S. The Bertz CT molecular complexity index is 279. The maximum Gasteiger partial charge on any atom is 0.202 e. The third kappa shape index (κ3) is 2.23. The van der Waals surface area contributed by atoms with Crippen LogP contribution >= 0.6 is 11.8 Å². The van der Waals surface area contributed by atoms with E-state index < -0.39 is 0 Å². The fourth-order valence-corrected chi connectivity index (χ4v) is 2.84. The van der Waals surface area contributed by atoms with Crippen LogP contribution in [0.25, 0.3) is 0 Å². The van der Waals surface area contributed by atoms with Crippen molar-refractivity contribution in [1.82, 2.24) is 9.55 Å². The van der Waals surface area contributed by atoms with Crippen LogP contribution in [0.5, 0.6) is 0 Å². The van der Waals surface area contributed by atoms with E-state index in [9.17, 15) is 0 Å². The third-order valence-corrected chi connectivity index (χ3v) is 3.66. The maximum atomic E-state index is 4.33. The first-order valence-corrected chi connectivity index (χ1v) is 6.41. The lowest BCUT2D eigenvalue weighted by atomic mass is 10.2. The van der Waals surface area contributed by atoms with Crippen molar-refractivity contribution in [3.05, 3.63) is 12.4 Å². The largest absolute Gasteiger partial charge is 0.353 e. The predicted molar refractivity (Wildman–Crippen MR) is 61.9 cm³/mol. The Morgan fingerprint density at radius 1 is 1.57 bits per heavy atom. The maximum absolute atomic E-state index is 4.33. The molecule has 3 nitrogen and oxygen atoms in total. The van der Waals surface area contributed by atoms with Gasteiger partial charge in [-0.25, -0.2) is 4.98 Å². The summed E-state index contributed by atoms with van der Waals surface area (Å²) in [5, 5.41) is 3.52. The minimum atomic E-state index is 0.629. The number of anilines is 1. The summed E-state index contributed by atoms with van der Waals surface area (Å²) in [6.07, 6.45) is 6.42. The van der Waals surface area contributed by atoms with Crippen LogP contribution in [0.3, 0.4) is 0 Å².